The third kappa shape index (κ3) is 8.31. The first-order chi connectivity index (χ1) is 13.6. The number of hydrogen-bond acceptors (Lipinski definition) is 4. The molecule has 0 radical (unpaired) electrons. The molecule has 1 atom stereocenters. The first-order valence-corrected chi connectivity index (χ1v) is 9.74. The van der Waals surface area contributed by atoms with Crippen LogP contribution < -0.4 is 15.4 Å². The predicted octanol–water partition coefficient (Wildman–Crippen LogP) is 2.69. The van der Waals surface area contributed by atoms with Crippen LogP contribution in [0.15, 0.2) is 24.3 Å². The number of amides is 2. The maximum Gasteiger partial charge on any atom is 0.573 e. The highest BCUT2D eigenvalue weighted by Gasteiger charge is 2.32. The van der Waals surface area contributed by atoms with Gasteiger partial charge in [-0.25, -0.2) is 0 Å². The van der Waals surface area contributed by atoms with E-state index in [4.69, 9.17) is 0 Å². The number of ether oxygens (including phenoxy) is 1. The smallest absolute Gasteiger partial charge is 0.405 e. The second-order valence-electron chi connectivity index (χ2n) is 7.58. The molecule has 162 valence electrons. The standard InChI is InChI=1S/C20H28F3N3O3/c1-14(2)19(28)25-10-15-6-5-9-26(12-15)13-18(27)24-11-16-7-3-4-8-17(16)29-20(21,22)23/h3-4,7-8,14-15H,5-6,9-13H2,1-2H3,(H,24,27)(H,25,28). The Hall–Kier alpha value is -2.29. The Morgan fingerprint density at radius 1 is 1.24 bits per heavy atom. The molecule has 0 spiro atoms. The summed E-state index contributed by atoms with van der Waals surface area (Å²) in [7, 11) is 0. The topological polar surface area (TPSA) is 70.7 Å². The Kier molecular flexibility index (Phi) is 8.31. The van der Waals surface area contributed by atoms with Crippen LogP contribution >= 0.6 is 0 Å². The van der Waals surface area contributed by atoms with E-state index in [-0.39, 0.29) is 48.1 Å². The van der Waals surface area contributed by atoms with Crippen molar-refractivity contribution < 1.29 is 27.5 Å². The van der Waals surface area contributed by atoms with Gasteiger partial charge in [0.25, 0.3) is 0 Å². The number of piperidine rings is 1. The molecule has 0 saturated carbocycles. The highest BCUT2D eigenvalue weighted by molar-refractivity contribution is 5.78. The van der Waals surface area contributed by atoms with Crippen molar-refractivity contribution in [2.45, 2.75) is 39.6 Å². The van der Waals surface area contributed by atoms with Gasteiger partial charge in [-0.15, -0.1) is 13.2 Å². The fourth-order valence-corrected chi connectivity index (χ4v) is 3.24. The molecule has 0 aromatic heterocycles. The fourth-order valence-electron chi connectivity index (χ4n) is 3.24. The molecule has 0 bridgehead atoms. The van der Waals surface area contributed by atoms with E-state index < -0.39 is 6.36 Å². The molecule has 9 heteroatoms. The van der Waals surface area contributed by atoms with Crippen LogP contribution in [0.25, 0.3) is 0 Å². The van der Waals surface area contributed by atoms with Crippen molar-refractivity contribution >= 4 is 11.8 Å². The van der Waals surface area contributed by atoms with Crippen molar-refractivity contribution in [3.63, 3.8) is 0 Å². The number of halogens is 3. The second kappa shape index (κ2) is 10.5. The van der Waals surface area contributed by atoms with Gasteiger partial charge in [0.15, 0.2) is 0 Å². The minimum absolute atomic E-state index is 0.0135. The molecule has 2 amide bonds. The zero-order valence-electron chi connectivity index (χ0n) is 16.7. The third-order valence-corrected chi connectivity index (χ3v) is 4.73. The van der Waals surface area contributed by atoms with E-state index in [1.807, 2.05) is 18.7 Å². The number of alkyl halides is 3. The van der Waals surface area contributed by atoms with E-state index in [1.165, 1.54) is 18.2 Å². The van der Waals surface area contributed by atoms with Crippen LogP contribution in [-0.2, 0) is 16.1 Å². The third-order valence-electron chi connectivity index (χ3n) is 4.73. The number of hydrogen-bond donors (Lipinski definition) is 2. The lowest BCUT2D eigenvalue weighted by Crippen LogP contribution is -2.45. The van der Waals surface area contributed by atoms with Gasteiger partial charge in [-0.3, -0.25) is 14.5 Å². The zero-order chi connectivity index (χ0) is 21.4. The van der Waals surface area contributed by atoms with Gasteiger partial charge in [0, 0.05) is 31.1 Å². The Morgan fingerprint density at radius 2 is 1.97 bits per heavy atom. The van der Waals surface area contributed by atoms with Gasteiger partial charge in [-0.05, 0) is 31.4 Å². The Morgan fingerprint density at radius 3 is 2.66 bits per heavy atom. The van der Waals surface area contributed by atoms with Gasteiger partial charge in [0.1, 0.15) is 5.75 Å². The van der Waals surface area contributed by atoms with Crippen LogP contribution in [0.5, 0.6) is 5.75 Å². The van der Waals surface area contributed by atoms with Crippen LogP contribution in [-0.4, -0.2) is 49.3 Å². The number of para-hydroxylation sites is 1. The van der Waals surface area contributed by atoms with Crippen molar-refractivity contribution in [2.24, 2.45) is 11.8 Å². The molecule has 1 aromatic rings. The van der Waals surface area contributed by atoms with Crippen LogP contribution in [0, 0.1) is 11.8 Å². The minimum Gasteiger partial charge on any atom is -0.405 e. The molecule has 6 nitrogen and oxygen atoms in total. The maximum atomic E-state index is 12.5. The van der Waals surface area contributed by atoms with Gasteiger partial charge in [-0.1, -0.05) is 32.0 Å². The average Bonchev–Trinajstić information content (AvgIpc) is 2.64. The van der Waals surface area contributed by atoms with Crippen LogP contribution in [0.2, 0.25) is 0 Å². The first kappa shape index (κ1) is 23.0. The van der Waals surface area contributed by atoms with Gasteiger partial charge in [0.2, 0.25) is 11.8 Å². The summed E-state index contributed by atoms with van der Waals surface area (Å²) >= 11 is 0. The zero-order valence-corrected chi connectivity index (χ0v) is 16.7. The molecule has 1 saturated heterocycles. The summed E-state index contributed by atoms with van der Waals surface area (Å²) in [4.78, 5) is 26.0. The quantitative estimate of drug-likeness (QED) is 0.685. The number of rotatable bonds is 8. The predicted molar refractivity (Wildman–Crippen MR) is 102 cm³/mol. The van der Waals surface area contributed by atoms with Crippen molar-refractivity contribution in [3.05, 3.63) is 29.8 Å². The molecule has 2 rings (SSSR count). The molecule has 1 aliphatic rings. The molecule has 1 aliphatic heterocycles. The number of carbonyl (C=O) groups excluding carboxylic acids is 2. The van der Waals surface area contributed by atoms with E-state index in [1.54, 1.807) is 6.07 Å². The first-order valence-electron chi connectivity index (χ1n) is 9.74. The number of nitrogens with zero attached hydrogens (tertiary/aromatic N) is 1. The normalized spacial score (nSPS) is 17.8. The van der Waals surface area contributed by atoms with Crippen LogP contribution in [0.4, 0.5) is 13.2 Å². The van der Waals surface area contributed by atoms with E-state index >= 15 is 0 Å². The molecule has 1 fully saturated rings. The van der Waals surface area contributed by atoms with E-state index in [2.05, 4.69) is 15.4 Å². The maximum absolute atomic E-state index is 12.5. The fraction of sp³-hybridized carbons (Fsp3) is 0.600. The van der Waals surface area contributed by atoms with Crippen molar-refractivity contribution in [3.8, 4) is 5.75 Å². The highest BCUT2D eigenvalue weighted by Crippen LogP contribution is 2.26. The van der Waals surface area contributed by atoms with E-state index in [9.17, 15) is 22.8 Å². The summed E-state index contributed by atoms with van der Waals surface area (Å²) in [6.45, 7) is 5.84. The van der Waals surface area contributed by atoms with Gasteiger partial charge >= 0.3 is 6.36 Å². The number of likely N-dealkylation sites (tertiary alicyclic amines) is 1. The molecule has 1 unspecified atom stereocenters. The largest absolute Gasteiger partial charge is 0.573 e. The van der Waals surface area contributed by atoms with Gasteiger partial charge in [0.05, 0.1) is 6.54 Å². The molecule has 29 heavy (non-hydrogen) atoms. The molecular formula is C20H28F3N3O3. The lowest BCUT2D eigenvalue weighted by molar-refractivity contribution is -0.274. The number of carbonyl (C=O) groups is 2. The molecular weight excluding hydrogens is 387 g/mol. The summed E-state index contributed by atoms with van der Waals surface area (Å²) in [6.07, 6.45) is -2.87. The molecule has 1 aromatic carbocycles. The molecule has 0 aliphatic carbocycles. The molecule has 2 N–H and O–H groups in total. The summed E-state index contributed by atoms with van der Waals surface area (Å²) in [5.41, 5.74) is 0.256. The van der Waals surface area contributed by atoms with Gasteiger partial charge < -0.3 is 15.4 Å². The summed E-state index contributed by atoms with van der Waals surface area (Å²) in [5, 5.41) is 5.58. The number of nitrogens with one attached hydrogen (secondary N) is 2. The number of benzene rings is 1. The Bertz CT molecular complexity index is 695. The van der Waals surface area contributed by atoms with Crippen molar-refractivity contribution in [1.82, 2.24) is 15.5 Å². The van der Waals surface area contributed by atoms with E-state index in [0.717, 1.165) is 19.4 Å². The van der Waals surface area contributed by atoms with Gasteiger partial charge in [-0.2, -0.15) is 0 Å². The lowest BCUT2D eigenvalue weighted by atomic mass is 9.97. The Labute approximate surface area is 168 Å². The SMILES string of the molecule is CC(C)C(=O)NCC1CCCN(CC(=O)NCc2ccccc2OC(F)(F)F)C1. The molecule has 1 heterocycles. The van der Waals surface area contributed by atoms with Crippen molar-refractivity contribution in [2.75, 3.05) is 26.2 Å². The summed E-state index contributed by atoms with van der Waals surface area (Å²) in [6, 6.07) is 5.73. The average molecular weight is 415 g/mol. The summed E-state index contributed by atoms with van der Waals surface area (Å²) in [5.74, 6) is -0.359. The van der Waals surface area contributed by atoms with Crippen LogP contribution in [0.1, 0.15) is 32.3 Å². The lowest BCUT2D eigenvalue weighted by Gasteiger charge is -2.32. The summed E-state index contributed by atoms with van der Waals surface area (Å²) < 4.78 is 41.4. The minimum atomic E-state index is -4.78. The van der Waals surface area contributed by atoms with Crippen molar-refractivity contribution in [1.29, 1.82) is 0 Å². The van der Waals surface area contributed by atoms with E-state index in [0.29, 0.717) is 13.1 Å². The second-order valence-corrected chi connectivity index (χ2v) is 7.58. The van der Waals surface area contributed by atoms with Crippen LogP contribution in [0.3, 0.4) is 0 Å². The monoisotopic (exact) mass is 415 g/mol. The highest BCUT2D eigenvalue weighted by atomic mass is 19.4. The Balaban J connectivity index is 1.80.